The van der Waals surface area contributed by atoms with E-state index in [0.29, 0.717) is 6.54 Å². The highest BCUT2D eigenvalue weighted by molar-refractivity contribution is 6.02. The van der Waals surface area contributed by atoms with Gasteiger partial charge in [-0.3, -0.25) is 4.79 Å². The molecule has 1 atom stereocenters. The minimum atomic E-state index is -0.339. The van der Waals surface area contributed by atoms with Gasteiger partial charge in [0, 0.05) is 17.5 Å². The van der Waals surface area contributed by atoms with Gasteiger partial charge in [0.2, 0.25) is 0 Å². The van der Waals surface area contributed by atoms with E-state index in [1.165, 1.54) is 5.56 Å². The first-order chi connectivity index (χ1) is 6.67. The van der Waals surface area contributed by atoms with Gasteiger partial charge in [0.05, 0.1) is 0 Å². The molecule has 74 valence electrons. The van der Waals surface area contributed by atoms with E-state index in [0.717, 1.165) is 18.4 Å². The molecule has 0 aliphatic heterocycles. The van der Waals surface area contributed by atoms with Crippen LogP contribution >= 0.6 is 0 Å². The Labute approximate surface area is 84.1 Å². The van der Waals surface area contributed by atoms with E-state index in [-0.39, 0.29) is 11.2 Å². The van der Waals surface area contributed by atoms with Crippen molar-refractivity contribution >= 4 is 5.78 Å². The molecule has 1 aromatic carbocycles. The van der Waals surface area contributed by atoms with Crippen LogP contribution in [0, 0.1) is 5.41 Å². The van der Waals surface area contributed by atoms with Crippen LogP contribution in [0.1, 0.15) is 29.3 Å². The van der Waals surface area contributed by atoms with Crippen LogP contribution in [0.2, 0.25) is 0 Å². The summed E-state index contributed by atoms with van der Waals surface area (Å²) in [5.41, 5.74) is 7.36. The predicted molar refractivity (Wildman–Crippen MR) is 56.3 cm³/mol. The third kappa shape index (κ3) is 1.26. The Morgan fingerprint density at radius 3 is 2.86 bits per heavy atom. The van der Waals surface area contributed by atoms with Crippen LogP contribution in [0.3, 0.4) is 0 Å². The average molecular weight is 189 g/mol. The highest BCUT2D eigenvalue weighted by Crippen LogP contribution is 2.33. The van der Waals surface area contributed by atoms with Crippen molar-refractivity contribution in [2.45, 2.75) is 19.8 Å². The lowest BCUT2D eigenvalue weighted by Gasteiger charge is -2.31. The first-order valence-corrected chi connectivity index (χ1v) is 5.00. The van der Waals surface area contributed by atoms with E-state index in [4.69, 9.17) is 5.73 Å². The second kappa shape index (κ2) is 3.21. The summed E-state index contributed by atoms with van der Waals surface area (Å²) in [5.74, 6) is 0.210. The second-order valence-corrected chi connectivity index (χ2v) is 4.25. The Morgan fingerprint density at radius 1 is 1.43 bits per heavy atom. The molecule has 0 saturated carbocycles. The predicted octanol–water partition coefficient (Wildman–Crippen LogP) is 1.78. The Kier molecular flexibility index (Phi) is 2.16. The molecule has 0 unspecified atom stereocenters. The van der Waals surface area contributed by atoms with Gasteiger partial charge in [0.15, 0.2) is 5.78 Å². The maximum Gasteiger partial charge on any atom is 0.170 e. The van der Waals surface area contributed by atoms with Crippen molar-refractivity contribution in [3.63, 3.8) is 0 Å². The van der Waals surface area contributed by atoms with E-state index in [1.807, 2.05) is 31.2 Å². The Hall–Kier alpha value is -1.15. The van der Waals surface area contributed by atoms with Crippen LogP contribution in [0.15, 0.2) is 24.3 Å². The van der Waals surface area contributed by atoms with Crippen molar-refractivity contribution in [3.8, 4) is 0 Å². The normalized spacial score (nSPS) is 26.0. The Morgan fingerprint density at radius 2 is 2.14 bits per heavy atom. The molecule has 14 heavy (non-hydrogen) atoms. The topological polar surface area (TPSA) is 43.1 Å². The zero-order valence-corrected chi connectivity index (χ0v) is 8.42. The Bertz CT molecular complexity index is 372. The molecule has 0 heterocycles. The van der Waals surface area contributed by atoms with Gasteiger partial charge in [-0.05, 0) is 18.4 Å². The number of aryl methyl sites for hydroxylation is 1. The lowest BCUT2D eigenvalue weighted by molar-refractivity contribution is 0.0797. The lowest BCUT2D eigenvalue weighted by Crippen LogP contribution is -2.39. The molecule has 2 N–H and O–H groups in total. The molecule has 0 radical (unpaired) electrons. The highest BCUT2D eigenvalue weighted by atomic mass is 16.1. The van der Waals surface area contributed by atoms with Gasteiger partial charge in [0.1, 0.15) is 0 Å². The van der Waals surface area contributed by atoms with Gasteiger partial charge in [-0.2, -0.15) is 0 Å². The molecule has 0 amide bonds. The average Bonchev–Trinajstić information content (AvgIpc) is 2.24. The molecule has 0 fully saturated rings. The number of carbonyl (C=O) groups is 1. The maximum absolute atomic E-state index is 12.1. The molecule has 2 rings (SSSR count). The van der Waals surface area contributed by atoms with E-state index in [2.05, 4.69) is 0 Å². The third-order valence-corrected chi connectivity index (χ3v) is 3.21. The second-order valence-electron chi connectivity index (χ2n) is 4.25. The summed E-state index contributed by atoms with van der Waals surface area (Å²) in [6.07, 6.45) is 1.84. The van der Waals surface area contributed by atoms with Gasteiger partial charge >= 0.3 is 0 Å². The number of Topliss-reactive ketones (excluding diaryl/α,β-unsaturated/α-hetero) is 1. The molecule has 0 aromatic heterocycles. The van der Waals surface area contributed by atoms with Crippen molar-refractivity contribution in [2.75, 3.05) is 6.54 Å². The van der Waals surface area contributed by atoms with E-state index in [1.54, 1.807) is 0 Å². The van der Waals surface area contributed by atoms with E-state index in [9.17, 15) is 4.79 Å². The summed E-state index contributed by atoms with van der Waals surface area (Å²) in [5, 5.41) is 0. The van der Waals surface area contributed by atoms with Crippen LogP contribution in [0.25, 0.3) is 0 Å². The highest BCUT2D eigenvalue weighted by Gasteiger charge is 2.36. The standard InChI is InChI=1S/C12H15NO/c1-12(8-13)7-6-9-4-2-3-5-10(9)11(12)14/h2-5H,6-8,13H2,1H3/t12-/m0/s1. The molecular formula is C12H15NO. The van der Waals surface area contributed by atoms with Gasteiger partial charge in [-0.15, -0.1) is 0 Å². The van der Waals surface area contributed by atoms with Gasteiger partial charge in [-0.25, -0.2) is 0 Å². The number of nitrogens with two attached hydrogens (primary N) is 1. The SMILES string of the molecule is C[C@@]1(CN)CCc2ccccc2C1=O. The smallest absolute Gasteiger partial charge is 0.170 e. The largest absolute Gasteiger partial charge is 0.329 e. The zero-order valence-electron chi connectivity index (χ0n) is 8.42. The number of hydrogen-bond acceptors (Lipinski definition) is 2. The summed E-state index contributed by atoms with van der Waals surface area (Å²) < 4.78 is 0. The summed E-state index contributed by atoms with van der Waals surface area (Å²) in [4.78, 5) is 12.1. The minimum absolute atomic E-state index is 0.210. The van der Waals surface area contributed by atoms with Crippen LogP contribution in [0.5, 0.6) is 0 Å². The van der Waals surface area contributed by atoms with Crippen molar-refractivity contribution < 1.29 is 4.79 Å². The van der Waals surface area contributed by atoms with Crippen LogP contribution in [0.4, 0.5) is 0 Å². The molecule has 2 heteroatoms. The molecule has 1 aliphatic carbocycles. The maximum atomic E-state index is 12.1. The molecule has 0 bridgehead atoms. The summed E-state index contributed by atoms with van der Waals surface area (Å²) in [6, 6.07) is 7.84. The summed E-state index contributed by atoms with van der Waals surface area (Å²) in [6.45, 7) is 2.41. The number of fused-ring (bicyclic) bond motifs is 1. The monoisotopic (exact) mass is 189 g/mol. The first kappa shape index (κ1) is 9.41. The van der Waals surface area contributed by atoms with Gasteiger partial charge in [0.25, 0.3) is 0 Å². The van der Waals surface area contributed by atoms with Crippen molar-refractivity contribution in [2.24, 2.45) is 11.1 Å². The van der Waals surface area contributed by atoms with E-state index < -0.39 is 0 Å². The molecule has 1 aliphatic rings. The fourth-order valence-electron chi connectivity index (χ4n) is 2.00. The number of ketones is 1. The lowest BCUT2D eigenvalue weighted by atomic mass is 9.72. The summed E-state index contributed by atoms with van der Waals surface area (Å²) in [7, 11) is 0. The van der Waals surface area contributed by atoms with Crippen molar-refractivity contribution in [1.29, 1.82) is 0 Å². The number of hydrogen-bond donors (Lipinski definition) is 1. The summed E-state index contributed by atoms with van der Waals surface area (Å²) >= 11 is 0. The molecule has 0 spiro atoms. The molecular weight excluding hydrogens is 174 g/mol. The molecule has 1 aromatic rings. The van der Waals surface area contributed by atoms with Crippen LogP contribution in [-0.2, 0) is 6.42 Å². The first-order valence-electron chi connectivity index (χ1n) is 5.00. The third-order valence-electron chi connectivity index (χ3n) is 3.21. The van der Waals surface area contributed by atoms with Crippen molar-refractivity contribution in [3.05, 3.63) is 35.4 Å². The number of carbonyl (C=O) groups excluding carboxylic acids is 1. The number of rotatable bonds is 1. The van der Waals surface area contributed by atoms with Gasteiger partial charge < -0.3 is 5.73 Å². The fourth-order valence-corrected chi connectivity index (χ4v) is 2.00. The Balaban J connectivity index is 2.46. The molecule has 2 nitrogen and oxygen atoms in total. The molecule has 0 saturated heterocycles. The number of benzene rings is 1. The van der Waals surface area contributed by atoms with E-state index >= 15 is 0 Å². The fraction of sp³-hybridized carbons (Fsp3) is 0.417. The van der Waals surface area contributed by atoms with Crippen LogP contribution in [-0.4, -0.2) is 12.3 Å². The minimum Gasteiger partial charge on any atom is -0.329 e. The van der Waals surface area contributed by atoms with Gasteiger partial charge in [-0.1, -0.05) is 31.2 Å². The van der Waals surface area contributed by atoms with Crippen LogP contribution < -0.4 is 5.73 Å². The zero-order chi connectivity index (χ0) is 10.2. The quantitative estimate of drug-likeness (QED) is 0.731. The van der Waals surface area contributed by atoms with Crippen molar-refractivity contribution in [1.82, 2.24) is 0 Å².